The molecule has 124 valence electrons. The number of nitrogens with two attached hydrogens (primary N) is 1. The molecule has 3 N–H and O–H groups in total. The molecule has 25 heavy (non-hydrogen) atoms. The first-order valence-corrected chi connectivity index (χ1v) is 8.11. The Labute approximate surface area is 149 Å². The molecule has 0 bridgehead atoms. The van der Waals surface area contributed by atoms with Gasteiger partial charge in [0.05, 0.1) is 5.56 Å². The van der Waals surface area contributed by atoms with Gasteiger partial charge in [-0.25, -0.2) is 4.79 Å². The van der Waals surface area contributed by atoms with E-state index in [-0.39, 0.29) is 11.5 Å². The number of hydrogen-bond donors (Lipinski definition) is 2. The molecule has 0 saturated carbocycles. The predicted octanol–water partition coefficient (Wildman–Crippen LogP) is 4.91. The third-order valence-electron chi connectivity index (χ3n) is 4.36. The lowest BCUT2D eigenvalue weighted by Crippen LogP contribution is -2.15. The van der Waals surface area contributed by atoms with Gasteiger partial charge in [0.2, 0.25) is 0 Å². The van der Waals surface area contributed by atoms with Crippen molar-refractivity contribution in [3.05, 3.63) is 87.9 Å². The summed E-state index contributed by atoms with van der Waals surface area (Å²) in [5.74, 6) is -0.0192. The Balaban J connectivity index is 2.01. The van der Waals surface area contributed by atoms with Crippen LogP contribution >= 0.6 is 11.6 Å². The van der Waals surface area contributed by atoms with E-state index in [0.717, 1.165) is 11.1 Å². The quantitative estimate of drug-likeness (QED) is 0.503. The fraction of sp³-hybridized carbons (Fsp3) is 0.0500. The molecule has 1 unspecified atom stereocenters. The second kappa shape index (κ2) is 5.83. The van der Waals surface area contributed by atoms with Crippen molar-refractivity contribution in [3.63, 3.8) is 0 Å². The van der Waals surface area contributed by atoms with Gasteiger partial charge in [-0.1, -0.05) is 41.9 Å². The number of anilines is 1. The fourth-order valence-corrected chi connectivity index (χ4v) is 3.44. The van der Waals surface area contributed by atoms with Gasteiger partial charge in [-0.15, -0.1) is 0 Å². The molecule has 1 atom stereocenters. The van der Waals surface area contributed by atoms with Gasteiger partial charge in [0.1, 0.15) is 11.5 Å². The highest BCUT2D eigenvalue weighted by atomic mass is 35.5. The highest BCUT2D eigenvalue weighted by molar-refractivity contribution is 6.30. The molecule has 0 spiro atoms. The Bertz CT molecular complexity index is 948. The summed E-state index contributed by atoms with van der Waals surface area (Å²) in [6, 6.07) is 17.8. The summed E-state index contributed by atoms with van der Waals surface area (Å²) in [6.45, 7) is 0. The fourth-order valence-electron chi connectivity index (χ4n) is 3.28. The van der Waals surface area contributed by atoms with Crippen LogP contribution in [-0.2, 0) is 0 Å². The first kappa shape index (κ1) is 15.5. The molecule has 3 aromatic carbocycles. The van der Waals surface area contributed by atoms with Crippen LogP contribution in [0.1, 0.15) is 33.0 Å². The maximum atomic E-state index is 11.7. The van der Waals surface area contributed by atoms with Gasteiger partial charge in [0.25, 0.3) is 0 Å². The largest absolute Gasteiger partial charge is 0.478 e. The lowest BCUT2D eigenvalue weighted by atomic mass is 9.80. The SMILES string of the molecule is Nc1ccc2c(c1)Oc1cc(Cl)ccc1C2c1ccccc1C(=O)O. The van der Waals surface area contributed by atoms with Crippen molar-refractivity contribution in [1.82, 2.24) is 0 Å². The van der Waals surface area contributed by atoms with Gasteiger partial charge < -0.3 is 15.6 Å². The van der Waals surface area contributed by atoms with Crippen LogP contribution in [0.15, 0.2) is 60.7 Å². The van der Waals surface area contributed by atoms with Crippen LogP contribution in [0.4, 0.5) is 5.69 Å². The third kappa shape index (κ3) is 2.61. The summed E-state index contributed by atoms with van der Waals surface area (Å²) < 4.78 is 5.98. The smallest absolute Gasteiger partial charge is 0.335 e. The first-order chi connectivity index (χ1) is 12.0. The topological polar surface area (TPSA) is 72.5 Å². The minimum absolute atomic E-state index is 0.262. The molecule has 5 heteroatoms. The molecule has 1 heterocycles. The van der Waals surface area contributed by atoms with E-state index in [1.807, 2.05) is 24.3 Å². The van der Waals surface area contributed by atoms with Crippen molar-refractivity contribution in [3.8, 4) is 11.5 Å². The van der Waals surface area contributed by atoms with Gasteiger partial charge in [-0.2, -0.15) is 0 Å². The van der Waals surface area contributed by atoms with Gasteiger partial charge in [-0.3, -0.25) is 0 Å². The number of carboxylic acid groups (broad SMARTS) is 1. The molecule has 4 nitrogen and oxygen atoms in total. The molecule has 1 aliphatic rings. The molecule has 0 saturated heterocycles. The van der Waals surface area contributed by atoms with Crippen LogP contribution in [-0.4, -0.2) is 11.1 Å². The van der Waals surface area contributed by atoms with E-state index >= 15 is 0 Å². The average molecular weight is 352 g/mol. The van der Waals surface area contributed by atoms with Crippen LogP contribution in [0.25, 0.3) is 0 Å². The number of fused-ring (bicyclic) bond motifs is 2. The number of carboxylic acids is 1. The Morgan fingerprint density at radius 1 is 0.960 bits per heavy atom. The Hall–Kier alpha value is -2.98. The molecular formula is C20H14ClNO3. The number of benzene rings is 3. The summed E-state index contributed by atoms with van der Waals surface area (Å²) in [4.78, 5) is 11.7. The van der Waals surface area contributed by atoms with E-state index in [4.69, 9.17) is 22.1 Å². The maximum absolute atomic E-state index is 11.7. The van der Waals surface area contributed by atoms with E-state index < -0.39 is 5.97 Å². The minimum Gasteiger partial charge on any atom is -0.478 e. The van der Waals surface area contributed by atoms with Crippen LogP contribution in [0.5, 0.6) is 11.5 Å². The Morgan fingerprint density at radius 2 is 1.64 bits per heavy atom. The molecule has 0 radical (unpaired) electrons. The monoisotopic (exact) mass is 351 g/mol. The number of ether oxygens (including phenoxy) is 1. The molecule has 0 amide bonds. The zero-order chi connectivity index (χ0) is 17.6. The maximum Gasteiger partial charge on any atom is 0.335 e. The summed E-state index contributed by atoms with van der Waals surface area (Å²) >= 11 is 6.11. The van der Waals surface area contributed by atoms with Crippen molar-refractivity contribution < 1.29 is 14.6 Å². The van der Waals surface area contributed by atoms with E-state index in [9.17, 15) is 9.90 Å². The van der Waals surface area contributed by atoms with Crippen LogP contribution in [0.2, 0.25) is 5.02 Å². The average Bonchev–Trinajstić information content (AvgIpc) is 2.59. The zero-order valence-electron chi connectivity index (χ0n) is 13.1. The van der Waals surface area contributed by atoms with Crippen LogP contribution in [0.3, 0.4) is 0 Å². The first-order valence-electron chi connectivity index (χ1n) is 7.73. The summed E-state index contributed by atoms with van der Waals surface area (Å²) in [5.41, 5.74) is 9.18. The van der Waals surface area contributed by atoms with Gasteiger partial charge in [0.15, 0.2) is 0 Å². The second-order valence-electron chi connectivity index (χ2n) is 5.91. The van der Waals surface area contributed by atoms with Gasteiger partial charge >= 0.3 is 5.97 Å². The number of halogens is 1. The number of hydrogen-bond acceptors (Lipinski definition) is 3. The number of aromatic carboxylic acids is 1. The van der Waals surface area contributed by atoms with Crippen molar-refractivity contribution >= 4 is 23.3 Å². The lowest BCUT2D eigenvalue weighted by molar-refractivity contribution is 0.0695. The number of carbonyl (C=O) groups is 1. The molecule has 0 fully saturated rings. The molecule has 3 aromatic rings. The zero-order valence-corrected chi connectivity index (χ0v) is 13.8. The Morgan fingerprint density at radius 3 is 2.40 bits per heavy atom. The van der Waals surface area contributed by atoms with E-state index in [0.29, 0.717) is 27.8 Å². The molecular weight excluding hydrogens is 338 g/mol. The number of nitrogen functional groups attached to an aromatic ring is 1. The van der Waals surface area contributed by atoms with Crippen LogP contribution in [0, 0.1) is 0 Å². The van der Waals surface area contributed by atoms with Crippen molar-refractivity contribution in [2.45, 2.75) is 5.92 Å². The highest BCUT2D eigenvalue weighted by Crippen LogP contribution is 2.49. The van der Waals surface area contributed by atoms with Crippen molar-refractivity contribution in [2.24, 2.45) is 0 Å². The van der Waals surface area contributed by atoms with E-state index in [2.05, 4.69) is 0 Å². The van der Waals surface area contributed by atoms with Gasteiger partial charge in [-0.05, 0) is 29.8 Å². The standard InChI is InChI=1S/C20H14ClNO3/c21-11-5-7-15-17(9-11)25-18-10-12(22)6-8-16(18)19(15)13-3-1-2-4-14(13)20(23)24/h1-10,19H,22H2,(H,23,24). The summed E-state index contributed by atoms with van der Waals surface area (Å²) in [7, 11) is 0. The Kier molecular flexibility index (Phi) is 3.62. The van der Waals surface area contributed by atoms with Crippen LogP contribution < -0.4 is 10.5 Å². The van der Waals surface area contributed by atoms with E-state index in [1.54, 1.807) is 36.4 Å². The second-order valence-corrected chi connectivity index (χ2v) is 6.34. The molecule has 0 aliphatic carbocycles. The summed E-state index contributed by atoms with van der Waals surface area (Å²) in [5, 5.41) is 10.2. The molecule has 1 aliphatic heterocycles. The highest BCUT2D eigenvalue weighted by Gasteiger charge is 2.31. The minimum atomic E-state index is -0.963. The normalized spacial score (nSPS) is 15.0. The lowest BCUT2D eigenvalue weighted by Gasteiger charge is -2.29. The predicted molar refractivity (Wildman–Crippen MR) is 96.7 cm³/mol. The van der Waals surface area contributed by atoms with Crippen molar-refractivity contribution in [2.75, 3.05) is 5.73 Å². The summed E-state index contributed by atoms with van der Waals surface area (Å²) in [6.07, 6.45) is 0. The third-order valence-corrected chi connectivity index (χ3v) is 4.59. The van der Waals surface area contributed by atoms with E-state index in [1.165, 1.54) is 0 Å². The van der Waals surface area contributed by atoms with Crippen molar-refractivity contribution in [1.29, 1.82) is 0 Å². The molecule has 0 aromatic heterocycles. The number of rotatable bonds is 2. The van der Waals surface area contributed by atoms with Gasteiger partial charge in [0, 0.05) is 33.8 Å². The molecule has 4 rings (SSSR count).